The van der Waals surface area contributed by atoms with E-state index in [1.165, 1.54) is 6.08 Å². The molecular weight excluding hydrogens is 270 g/mol. The van der Waals surface area contributed by atoms with Crippen LogP contribution >= 0.6 is 15.9 Å². The highest BCUT2D eigenvalue weighted by Crippen LogP contribution is 2.12. The van der Waals surface area contributed by atoms with Crippen LogP contribution in [0.2, 0.25) is 0 Å². The molecule has 0 aliphatic heterocycles. The van der Waals surface area contributed by atoms with Crippen LogP contribution in [0.15, 0.2) is 40.5 Å². The van der Waals surface area contributed by atoms with Crippen LogP contribution in [0.25, 0.3) is 0 Å². The average Bonchev–Trinajstić information content (AvgIpc) is 2.27. The summed E-state index contributed by atoms with van der Waals surface area (Å²) in [6.07, 6.45) is 2.54. The molecule has 0 bridgehead atoms. The molecule has 86 valence electrons. The molecule has 4 heteroatoms. The van der Waals surface area contributed by atoms with Crippen molar-refractivity contribution in [3.05, 3.63) is 46.1 Å². The lowest BCUT2D eigenvalue weighted by atomic mass is 10.1. The molecule has 1 aromatic rings. The van der Waals surface area contributed by atoms with Crippen LogP contribution in [0.3, 0.4) is 0 Å². The zero-order valence-corrected chi connectivity index (χ0v) is 10.4. The number of aliphatic hydroxyl groups is 1. The van der Waals surface area contributed by atoms with Crippen LogP contribution in [0, 0.1) is 0 Å². The fourth-order valence-corrected chi connectivity index (χ4v) is 1.49. The minimum Gasteiger partial charge on any atom is -0.402 e. The molecule has 0 unspecified atom stereocenters. The number of carbonyl (C=O) groups is 1. The van der Waals surface area contributed by atoms with Crippen molar-refractivity contribution < 1.29 is 9.90 Å². The number of allylic oxidation sites excluding steroid dienone is 2. The summed E-state index contributed by atoms with van der Waals surface area (Å²) in [5.74, 6) is -0.108. The molecule has 0 aliphatic rings. The molecule has 0 fully saturated rings. The van der Waals surface area contributed by atoms with E-state index in [0.717, 1.165) is 4.47 Å². The van der Waals surface area contributed by atoms with Gasteiger partial charge in [0.1, 0.15) is 0 Å². The van der Waals surface area contributed by atoms with E-state index in [4.69, 9.17) is 10.8 Å². The maximum absolute atomic E-state index is 11.7. The first-order chi connectivity index (χ1) is 7.63. The molecule has 0 saturated carbocycles. The molecule has 0 aliphatic carbocycles. The van der Waals surface area contributed by atoms with Gasteiger partial charge in [-0.2, -0.15) is 0 Å². The molecule has 0 radical (unpaired) electrons. The van der Waals surface area contributed by atoms with Crippen LogP contribution < -0.4 is 5.73 Å². The molecular formula is C12H14BrNO2. The van der Waals surface area contributed by atoms with Gasteiger partial charge < -0.3 is 10.8 Å². The number of halogens is 1. The number of ketones is 1. The Hall–Kier alpha value is -1.13. The van der Waals surface area contributed by atoms with Gasteiger partial charge in [0, 0.05) is 28.4 Å². The highest BCUT2D eigenvalue weighted by Gasteiger charge is 2.03. The van der Waals surface area contributed by atoms with Gasteiger partial charge >= 0.3 is 0 Å². The minimum atomic E-state index is -0.108. The SMILES string of the molecule is N/C(=C\C(=O)c1ccc(Br)cc1)CCCO. The van der Waals surface area contributed by atoms with Gasteiger partial charge in [-0.15, -0.1) is 0 Å². The Kier molecular flexibility index (Phi) is 5.22. The van der Waals surface area contributed by atoms with Gasteiger partial charge in [0.15, 0.2) is 5.78 Å². The van der Waals surface area contributed by atoms with E-state index in [0.29, 0.717) is 24.1 Å². The monoisotopic (exact) mass is 283 g/mol. The molecule has 0 spiro atoms. The second-order valence-electron chi connectivity index (χ2n) is 3.42. The Morgan fingerprint density at radius 3 is 2.56 bits per heavy atom. The van der Waals surface area contributed by atoms with Crippen LogP contribution in [0.1, 0.15) is 23.2 Å². The van der Waals surface area contributed by atoms with Gasteiger partial charge in [0.25, 0.3) is 0 Å². The molecule has 3 nitrogen and oxygen atoms in total. The highest BCUT2D eigenvalue weighted by atomic mass is 79.9. The average molecular weight is 284 g/mol. The van der Waals surface area contributed by atoms with Crippen molar-refractivity contribution in [1.29, 1.82) is 0 Å². The Morgan fingerprint density at radius 2 is 2.00 bits per heavy atom. The summed E-state index contributed by atoms with van der Waals surface area (Å²) in [6.45, 7) is 0.0843. The van der Waals surface area contributed by atoms with Crippen LogP contribution in [-0.2, 0) is 0 Å². The number of carbonyl (C=O) groups excluding carboxylic acids is 1. The number of aliphatic hydroxyl groups excluding tert-OH is 1. The first kappa shape index (κ1) is 12.9. The normalized spacial score (nSPS) is 11.5. The summed E-state index contributed by atoms with van der Waals surface area (Å²) >= 11 is 3.30. The Balaban J connectivity index is 2.67. The standard InChI is InChI=1S/C12H14BrNO2/c13-10-5-3-9(4-6-10)12(16)8-11(14)2-1-7-15/h3-6,8,15H,1-2,7,14H2/b11-8-. The highest BCUT2D eigenvalue weighted by molar-refractivity contribution is 9.10. The smallest absolute Gasteiger partial charge is 0.187 e. The van der Waals surface area contributed by atoms with E-state index < -0.39 is 0 Å². The number of hydrogen-bond acceptors (Lipinski definition) is 3. The van der Waals surface area contributed by atoms with E-state index in [1.807, 2.05) is 12.1 Å². The number of benzene rings is 1. The van der Waals surface area contributed by atoms with Gasteiger partial charge in [-0.1, -0.05) is 15.9 Å². The summed E-state index contributed by atoms with van der Waals surface area (Å²) in [4.78, 5) is 11.7. The summed E-state index contributed by atoms with van der Waals surface area (Å²) in [6, 6.07) is 7.10. The van der Waals surface area contributed by atoms with E-state index in [2.05, 4.69) is 15.9 Å². The quantitative estimate of drug-likeness (QED) is 0.644. The molecule has 3 N–H and O–H groups in total. The van der Waals surface area contributed by atoms with Crippen molar-refractivity contribution in [2.75, 3.05) is 6.61 Å². The molecule has 1 aromatic carbocycles. The third kappa shape index (κ3) is 4.16. The van der Waals surface area contributed by atoms with Gasteiger partial charge in [-0.3, -0.25) is 4.79 Å². The third-order valence-electron chi connectivity index (χ3n) is 2.07. The first-order valence-corrected chi connectivity index (χ1v) is 5.79. The Morgan fingerprint density at radius 1 is 1.38 bits per heavy atom. The maximum atomic E-state index is 11.7. The predicted molar refractivity (Wildman–Crippen MR) is 67.1 cm³/mol. The van der Waals surface area contributed by atoms with Crippen LogP contribution in [0.4, 0.5) is 0 Å². The maximum Gasteiger partial charge on any atom is 0.187 e. The van der Waals surface area contributed by atoms with E-state index in [1.54, 1.807) is 12.1 Å². The van der Waals surface area contributed by atoms with E-state index in [9.17, 15) is 4.79 Å². The minimum absolute atomic E-state index is 0.0843. The predicted octanol–water partition coefficient (Wildman–Crippen LogP) is 2.25. The molecule has 0 heterocycles. The van der Waals surface area contributed by atoms with E-state index >= 15 is 0 Å². The summed E-state index contributed by atoms with van der Waals surface area (Å²) in [5, 5.41) is 8.62. The van der Waals surface area contributed by atoms with Crippen molar-refractivity contribution in [3.63, 3.8) is 0 Å². The molecule has 0 aromatic heterocycles. The fourth-order valence-electron chi connectivity index (χ4n) is 1.22. The molecule has 0 amide bonds. The van der Waals surface area contributed by atoms with Crippen LogP contribution in [-0.4, -0.2) is 17.5 Å². The van der Waals surface area contributed by atoms with Gasteiger partial charge in [-0.05, 0) is 37.1 Å². The topological polar surface area (TPSA) is 63.3 Å². The second kappa shape index (κ2) is 6.45. The van der Waals surface area contributed by atoms with Gasteiger partial charge in [-0.25, -0.2) is 0 Å². The van der Waals surface area contributed by atoms with Crippen molar-refractivity contribution in [1.82, 2.24) is 0 Å². The molecule has 16 heavy (non-hydrogen) atoms. The summed E-state index contributed by atoms with van der Waals surface area (Å²) in [7, 11) is 0. The molecule has 0 saturated heterocycles. The van der Waals surface area contributed by atoms with Crippen molar-refractivity contribution in [2.45, 2.75) is 12.8 Å². The third-order valence-corrected chi connectivity index (χ3v) is 2.60. The van der Waals surface area contributed by atoms with Gasteiger partial charge in [0.2, 0.25) is 0 Å². The lowest BCUT2D eigenvalue weighted by Gasteiger charge is -2.00. The van der Waals surface area contributed by atoms with E-state index in [-0.39, 0.29) is 12.4 Å². The van der Waals surface area contributed by atoms with Crippen molar-refractivity contribution in [3.8, 4) is 0 Å². The number of rotatable bonds is 5. The lowest BCUT2D eigenvalue weighted by molar-refractivity contribution is 0.104. The summed E-state index contributed by atoms with van der Waals surface area (Å²) in [5.41, 5.74) is 6.76. The van der Waals surface area contributed by atoms with Crippen LogP contribution in [0.5, 0.6) is 0 Å². The fraction of sp³-hybridized carbons (Fsp3) is 0.250. The summed E-state index contributed by atoms with van der Waals surface area (Å²) < 4.78 is 0.932. The number of hydrogen-bond donors (Lipinski definition) is 2. The largest absolute Gasteiger partial charge is 0.402 e. The number of nitrogens with two attached hydrogens (primary N) is 1. The zero-order chi connectivity index (χ0) is 12.0. The Labute approximate surface area is 103 Å². The first-order valence-electron chi connectivity index (χ1n) is 5.00. The van der Waals surface area contributed by atoms with Crippen molar-refractivity contribution >= 4 is 21.7 Å². The lowest BCUT2D eigenvalue weighted by Crippen LogP contribution is -2.03. The second-order valence-corrected chi connectivity index (χ2v) is 4.33. The van der Waals surface area contributed by atoms with Crippen molar-refractivity contribution in [2.24, 2.45) is 5.73 Å². The molecule has 0 atom stereocenters. The zero-order valence-electron chi connectivity index (χ0n) is 8.82. The van der Waals surface area contributed by atoms with Gasteiger partial charge in [0.05, 0.1) is 0 Å². The molecule has 1 rings (SSSR count). The Bertz CT molecular complexity index is 385.